The highest BCUT2D eigenvalue weighted by molar-refractivity contribution is 7.22. The van der Waals surface area contributed by atoms with Crippen LogP contribution in [0, 0.1) is 0 Å². The topological polar surface area (TPSA) is 66.5 Å². The van der Waals surface area contributed by atoms with E-state index in [0.29, 0.717) is 16.2 Å². The van der Waals surface area contributed by atoms with Crippen molar-refractivity contribution in [2.75, 3.05) is 6.54 Å². The first kappa shape index (κ1) is 15.5. The number of alkyl halides is 3. The molecular weight excluding hydrogens is 339 g/mol. The van der Waals surface area contributed by atoms with E-state index in [4.69, 9.17) is 0 Å². The fourth-order valence-electron chi connectivity index (χ4n) is 2.91. The fraction of sp³-hybridized carbons (Fsp3) is 0.400. The Hall–Kier alpha value is -2.00. The quantitative estimate of drug-likeness (QED) is 0.733. The number of piperidine rings is 1. The van der Waals surface area contributed by atoms with Crippen LogP contribution in [0.25, 0.3) is 20.7 Å². The highest BCUT2D eigenvalue weighted by Crippen LogP contribution is 2.39. The monoisotopic (exact) mass is 353 g/mol. The minimum Gasteiger partial charge on any atom is -0.307 e. The molecule has 1 saturated heterocycles. The van der Waals surface area contributed by atoms with Gasteiger partial charge in [-0.2, -0.15) is 18.3 Å². The lowest BCUT2D eigenvalue weighted by atomic mass is 10.0. The zero-order chi connectivity index (χ0) is 16.7. The summed E-state index contributed by atoms with van der Waals surface area (Å²) in [4.78, 5) is 9.41. The van der Waals surface area contributed by atoms with E-state index >= 15 is 0 Å². The van der Waals surface area contributed by atoms with Crippen molar-refractivity contribution in [3.05, 3.63) is 30.0 Å². The predicted octanol–water partition coefficient (Wildman–Crippen LogP) is 3.91. The van der Waals surface area contributed by atoms with Crippen LogP contribution in [-0.4, -0.2) is 26.7 Å². The number of nitrogens with zero attached hydrogens (tertiary/aromatic N) is 3. The Kier molecular flexibility index (Phi) is 3.76. The Morgan fingerprint density at radius 2 is 2.08 bits per heavy atom. The van der Waals surface area contributed by atoms with Crippen molar-refractivity contribution in [2.24, 2.45) is 0 Å². The summed E-state index contributed by atoms with van der Waals surface area (Å²) < 4.78 is 39.8. The summed E-state index contributed by atoms with van der Waals surface area (Å²) in [6.45, 7) is 0.935. The van der Waals surface area contributed by atoms with Gasteiger partial charge in [-0.15, -0.1) is 11.3 Å². The van der Waals surface area contributed by atoms with Crippen LogP contribution in [0.1, 0.15) is 36.8 Å². The third-order valence-corrected chi connectivity index (χ3v) is 5.19. The zero-order valence-electron chi connectivity index (χ0n) is 12.5. The van der Waals surface area contributed by atoms with Gasteiger partial charge in [0.05, 0.1) is 22.5 Å². The number of rotatable bonds is 2. The van der Waals surface area contributed by atoms with Crippen molar-refractivity contribution in [1.82, 2.24) is 25.5 Å². The van der Waals surface area contributed by atoms with Gasteiger partial charge >= 0.3 is 6.18 Å². The molecule has 3 aromatic heterocycles. The second-order valence-corrected chi connectivity index (χ2v) is 6.83. The van der Waals surface area contributed by atoms with Gasteiger partial charge in [-0.25, -0.2) is 9.97 Å². The molecule has 5 nitrogen and oxygen atoms in total. The van der Waals surface area contributed by atoms with Gasteiger partial charge in [0, 0.05) is 16.6 Å². The van der Waals surface area contributed by atoms with E-state index in [-0.39, 0.29) is 11.6 Å². The molecule has 0 amide bonds. The molecule has 1 aliphatic heterocycles. The maximum Gasteiger partial charge on any atom is 0.433 e. The first-order valence-corrected chi connectivity index (χ1v) is 8.45. The summed E-state index contributed by atoms with van der Waals surface area (Å²) in [5.74, 6) is 0.704. The van der Waals surface area contributed by atoms with Crippen LogP contribution in [-0.2, 0) is 6.18 Å². The van der Waals surface area contributed by atoms with Gasteiger partial charge in [0.2, 0.25) is 0 Å². The average Bonchev–Trinajstić information content (AvgIpc) is 3.21. The van der Waals surface area contributed by atoms with Crippen molar-refractivity contribution in [1.29, 1.82) is 0 Å². The highest BCUT2D eigenvalue weighted by Gasteiger charge is 2.36. The van der Waals surface area contributed by atoms with Crippen molar-refractivity contribution in [2.45, 2.75) is 31.5 Å². The molecule has 1 fully saturated rings. The summed E-state index contributed by atoms with van der Waals surface area (Å²) in [6.07, 6.45) is 1.66. The van der Waals surface area contributed by atoms with Gasteiger partial charge in [-0.1, -0.05) is 6.42 Å². The smallest absolute Gasteiger partial charge is 0.307 e. The predicted molar refractivity (Wildman–Crippen MR) is 84.6 cm³/mol. The maximum atomic E-state index is 13.0. The molecule has 0 unspecified atom stereocenters. The minimum atomic E-state index is -4.47. The number of hydrogen-bond donors (Lipinski definition) is 2. The Morgan fingerprint density at radius 3 is 2.83 bits per heavy atom. The molecule has 4 heterocycles. The third kappa shape index (κ3) is 2.78. The van der Waals surface area contributed by atoms with E-state index in [9.17, 15) is 13.2 Å². The van der Waals surface area contributed by atoms with Crippen molar-refractivity contribution in [3.8, 4) is 10.4 Å². The van der Waals surface area contributed by atoms with Crippen molar-refractivity contribution < 1.29 is 13.2 Å². The van der Waals surface area contributed by atoms with Crippen LogP contribution in [0.15, 0.2) is 18.5 Å². The van der Waals surface area contributed by atoms with E-state index in [1.54, 1.807) is 12.3 Å². The number of aromatic amines is 1. The molecule has 4 rings (SSSR count). The molecule has 0 bridgehead atoms. The van der Waals surface area contributed by atoms with E-state index in [0.717, 1.165) is 30.5 Å². The number of thiophene rings is 1. The number of H-pyrrole nitrogens is 1. The van der Waals surface area contributed by atoms with E-state index in [2.05, 4.69) is 20.4 Å². The van der Waals surface area contributed by atoms with E-state index in [1.807, 2.05) is 5.10 Å². The molecule has 0 aliphatic carbocycles. The first-order valence-electron chi connectivity index (χ1n) is 7.63. The summed E-state index contributed by atoms with van der Waals surface area (Å²) in [5, 5.41) is 8.96. The van der Waals surface area contributed by atoms with Gasteiger partial charge < -0.3 is 5.32 Å². The Morgan fingerprint density at radius 1 is 1.21 bits per heavy atom. The van der Waals surface area contributed by atoms with Gasteiger partial charge in [0.25, 0.3) is 0 Å². The molecule has 1 atom stereocenters. The number of fused-ring (bicyclic) bond motifs is 1. The van der Waals surface area contributed by atoms with E-state index < -0.39 is 11.9 Å². The standard InChI is InChI=1S/C15H14F3N5S/c16-15(17,18)13-8(6-21-23-13)11-5-10-12(24-11)7-20-14(22-10)9-3-1-2-4-19-9/h5-7,9,19H,1-4H2,(H,21,23)/t9-/m0/s1. The summed E-state index contributed by atoms with van der Waals surface area (Å²) >= 11 is 1.24. The molecule has 9 heteroatoms. The summed E-state index contributed by atoms with van der Waals surface area (Å²) in [6, 6.07) is 1.79. The molecule has 24 heavy (non-hydrogen) atoms. The molecule has 2 N–H and O–H groups in total. The Labute approximate surface area is 139 Å². The second kappa shape index (κ2) is 5.82. The SMILES string of the molecule is FC(F)(F)c1[nH]ncc1-c1cc2nc([C@@H]3CCCCN3)ncc2s1. The lowest BCUT2D eigenvalue weighted by Crippen LogP contribution is -2.28. The van der Waals surface area contributed by atoms with Crippen LogP contribution in [0.5, 0.6) is 0 Å². The van der Waals surface area contributed by atoms with Gasteiger partial charge in [-0.3, -0.25) is 5.10 Å². The average molecular weight is 353 g/mol. The fourth-order valence-corrected chi connectivity index (χ4v) is 3.90. The normalized spacial score (nSPS) is 19.0. The second-order valence-electron chi connectivity index (χ2n) is 5.75. The lowest BCUT2D eigenvalue weighted by Gasteiger charge is -2.21. The maximum absolute atomic E-state index is 13.0. The number of hydrogen-bond acceptors (Lipinski definition) is 5. The van der Waals surface area contributed by atoms with E-state index in [1.165, 1.54) is 17.5 Å². The third-order valence-electron chi connectivity index (χ3n) is 4.10. The molecule has 0 aromatic carbocycles. The molecule has 0 spiro atoms. The molecular formula is C15H14F3N5S. The van der Waals surface area contributed by atoms with Crippen LogP contribution < -0.4 is 5.32 Å². The largest absolute Gasteiger partial charge is 0.433 e. The number of nitrogens with one attached hydrogen (secondary N) is 2. The summed E-state index contributed by atoms with van der Waals surface area (Å²) in [5.41, 5.74) is -0.124. The number of aromatic nitrogens is 4. The van der Waals surface area contributed by atoms with Crippen molar-refractivity contribution in [3.63, 3.8) is 0 Å². The Balaban J connectivity index is 1.72. The van der Waals surface area contributed by atoms with Crippen LogP contribution >= 0.6 is 11.3 Å². The molecule has 0 radical (unpaired) electrons. The highest BCUT2D eigenvalue weighted by atomic mass is 32.1. The molecule has 0 saturated carbocycles. The van der Waals surface area contributed by atoms with Gasteiger partial charge in [0.1, 0.15) is 11.5 Å². The number of halogens is 3. The molecule has 3 aromatic rings. The van der Waals surface area contributed by atoms with Crippen molar-refractivity contribution >= 4 is 21.6 Å². The minimum absolute atomic E-state index is 0.0443. The van der Waals surface area contributed by atoms with Crippen LogP contribution in [0.4, 0.5) is 13.2 Å². The van der Waals surface area contributed by atoms with Gasteiger partial charge in [0.15, 0.2) is 0 Å². The van der Waals surface area contributed by atoms with Crippen LogP contribution in [0.3, 0.4) is 0 Å². The molecule has 126 valence electrons. The first-order chi connectivity index (χ1) is 11.5. The molecule has 1 aliphatic rings. The summed E-state index contributed by atoms with van der Waals surface area (Å²) in [7, 11) is 0. The lowest BCUT2D eigenvalue weighted by molar-refractivity contribution is -0.140. The zero-order valence-corrected chi connectivity index (χ0v) is 13.3. The van der Waals surface area contributed by atoms with Gasteiger partial charge in [-0.05, 0) is 25.5 Å². The Bertz CT molecular complexity index is 863. The van der Waals surface area contributed by atoms with Crippen LogP contribution in [0.2, 0.25) is 0 Å².